The van der Waals surface area contributed by atoms with Gasteiger partial charge in [0.2, 0.25) is 0 Å². The monoisotopic (exact) mass is 358 g/mol. The van der Waals surface area contributed by atoms with Crippen LogP contribution in [0.2, 0.25) is 0 Å². The first-order chi connectivity index (χ1) is 8.77. The van der Waals surface area contributed by atoms with Crippen molar-refractivity contribution in [2.75, 3.05) is 18.0 Å². The summed E-state index contributed by atoms with van der Waals surface area (Å²) in [5.74, 6) is 0. The lowest BCUT2D eigenvalue weighted by Gasteiger charge is -2.20. The molecule has 1 aliphatic rings. The molecule has 0 bridgehead atoms. The summed E-state index contributed by atoms with van der Waals surface area (Å²) >= 11 is 3.96. The summed E-state index contributed by atoms with van der Waals surface area (Å²) in [7, 11) is 0. The second kappa shape index (κ2) is 5.57. The molecule has 0 amide bonds. The van der Waals surface area contributed by atoms with Crippen LogP contribution in [0.1, 0.15) is 26.0 Å². The number of anilines is 1. The molecule has 8 heteroatoms. The van der Waals surface area contributed by atoms with Gasteiger partial charge < -0.3 is 9.64 Å². The molecule has 0 aromatic carbocycles. The van der Waals surface area contributed by atoms with Crippen LogP contribution in [0.5, 0.6) is 0 Å². The van der Waals surface area contributed by atoms with Crippen molar-refractivity contribution in [3.63, 3.8) is 0 Å². The molecule has 3 nitrogen and oxygen atoms in total. The third kappa shape index (κ3) is 3.61. The van der Waals surface area contributed by atoms with Crippen LogP contribution in [0.25, 0.3) is 0 Å². The molecular formula is C11H14BrF3N2OS. The van der Waals surface area contributed by atoms with Crippen LogP contribution in [0.3, 0.4) is 0 Å². The molecular weight excluding hydrogens is 345 g/mol. The number of rotatable bonds is 1. The minimum atomic E-state index is -4.42. The maximum absolute atomic E-state index is 12.7. The summed E-state index contributed by atoms with van der Waals surface area (Å²) in [6.45, 7) is 5.10. The predicted octanol–water partition coefficient (Wildman–Crippen LogP) is 3.93. The van der Waals surface area contributed by atoms with Crippen molar-refractivity contribution in [2.45, 2.75) is 38.7 Å². The summed E-state index contributed by atoms with van der Waals surface area (Å²) in [5, 5.41) is 0.392. The van der Waals surface area contributed by atoms with Gasteiger partial charge in [-0.3, -0.25) is 0 Å². The number of ether oxygens (including phenoxy) is 1. The van der Waals surface area contributed by atoms with Crippen LogP contribution < -0.4 is 4.90 Å². The summed E-state index contributed by atoms with van der Waals surface area (Å²) in [5.41, 5.74) is -0.849. The Hall–Kier alpha value is -0.340. The van der Waals surface area contributed by atoms with Gasteiger partial charge in [-0.1, -0.05) is 11.3 Å². The first-order valence-electron chi connectivity index (χ1n) is 5.91. The van der Waals surface area contributed by atoms with Crippen molar-refractivity contribution >= 4 is 32.4 Å². The summed E-state index contributed by atoms with van der Waals surface area (Å²) in [6, 6.07) is 0. The van der Waals surface area contributed by atoms with Crippen molar-refractivity contribution in [3.8, 4) is 0 Å². The average molecular weight is 359 g/mol. The molecule has 0 saturated carbocycles. The van der Waals surface area contributed by atoms with E-state index in [2.05, 4.69) is 20.9 Å². The number of aromatic nitrogens is 1. The molecule has 0 aliphatic carbocycles. The maximum atomic E-state index is 12.7. The summed E-state index contributed by atoms with van der Waals surface area (Å²) < 4.78 is 43.9. The van der Waals surface area contributed by atoms with Gasteiger partial charge in [0.1, 0.15) is 3.79 Å². The minimum absolute atomic E-state index is 0.0190. The number of halogens is 4. The second-order valence-electron chi connectivity index (χ2n) is 4.61. The molecule has 2 atom stereocenters. The van der Waals surface area contributed by atoms with Crippen LogP contribution in [-0.2, 0) is 10.9 Å². The van der Waals surface area contributed by atoms with Crippen LogP contribution in [0.4, 0.5) is 18.3 Å². The van der Waals surface area contributed by atoms with Crippen molar-refractivity contribution in [1.29, 1.82) is 0 Å². The van der Waals surface area contributed by atoms with E-state index in [-0.39, 0.29) is 16.0 Å². The Morgan fingerprint density at radius 1 is 1.37 bits per heavy atom. The molecule has 108 valence electrons. The first-order valence-corrected chi connectivity index (χ1v) is 7.52. The van der Waals surface area contributed by atoms with E-state index < -0.39 is 11.9 Å². The van der Waals surface area contributed by atoms with E-state index in [1.54, 1.807) is 0 Å². The fraction of sp³-hybridized carbons (Fsp3) is 0.727. The predicted molar refractivity (Wildman–Crippen MR) is 71.7 cm³/mol. The van der Waals surface area contributed by atoms with Gasteiger partial charge >= 0.3 is 6.18 Å². The lowest BCUT2D eigenvalue weighted by molar-refractivity contribution is -0.141. The van der Waals surface area contributed by atoms with Gasteiger partial charge in [-0.15, -0.1) is 0 Å². The lowest BCUT2D eigenvalue weighted by atomic mass is 10.3. The molecule has 1 aromatic heterocycles. The number of hydrogen-bond acceptors (Lipinski definition) is 4. The van der Waals surface area contributed by atoms with Gasteiger partial charge in [-0.25, -0.2) is 4.98 Å². The zero-order valence-corrected chi connectivity index (χ0v) is 12.9. The highest BCUT2D eigenvalue weighted by molar-refractivity contribution is 9.11. The number of thiazole rings is 1. The van der Waals surface area contributed by atoms with Gasteiger partial charge in [0.25, 0.3) is 0 Å². The highest BCUT2D eigenvalue weighted by Gasteiger charge is 2.38. The molecule has 2 heterocycles. The number of hydrogen-bond donors (Lipinski definition) is 0. The summed E-state index contributed by atoms with van der Waals surface area (Å²) in [4.78, 5) is 5.58. The molecule has 0 unspecified atom stereocenters. The van der Waals surface area contributed by atoms with Crippen molar-refractivity contribution in [1.82, 2.24) is 4.98 Å². The van der Waals surface area contributed by atoms with Crippen LogP contribution in [0.15, 0.2) is 3.79 Å². The zero-order chi connectivity index (χ0) is 14.2. The normalized spacial score (nSPS) is 25.5. The van der Waals surface area contributed by atoms with Gasteiger partial charge in [0.05, 0.1) is 12.2 Å². The Labute approximate surface area is 121 Å². The molecule has 1 saturated heterocycles. The molecule has 0 radical (unpaired) electrons. The molecule has 19 heavy (non-hydrogen) atoms. The van der Waals surface area contributed by atoms with Gasteiger partial charge in [0.15, 0.2) is 10.8 Å². The van der Waals surface area contributed by atoms with Crippen molar-refractivity contribution < 1.29 is 17.9 Å². The van der Waals surface area contributed by atoms with Crippen molar-refractivity contribution in [2.24, 2.45) is 0 Å². The smallest absolute Gasteiger partial charge is 0.374 e. The standard InChI is InChI=1S/C11H14BrF3N2OS/c1-6-3-4-17(5-7(2)18-6)10-16-8(9(12)19-10)11(13,14)15/h6-7H,3-5H2,1-2H3/t6-,7+/m1/s1. The Balaban J connectivity index is 2.22. The lowest BCUT2D eigenvalue weighted by Crippen LogP contribution is -2.30. The zero-order valence-electron chi connectivity index (χ0n) is 10.5. The number of nitrogens with zero attached hydrogens (tertiary/aromatic N) is 2. The SMILES string of the molecule is C[C@@H]1CCN(c2nc(C(F)(F)F)c(Br)s2)C[C@H](C)O1. The molecule has 1 aromatic rings. The van der Waals surface area contributed by atoms with E-state index in [9.17, 15) is 13.2 Å². The van der Waals surface area contributed by atoms with Crippen LogP contribution >= 0.6 is 27.3 Å². The third-order valence-electron chi connectivity index (χ3n) is 2.86. The van der Waals surface area contributed by atoms with Crippen LogP contribution in [0, 0.1) is 0 Å². The Kier molecular flexibility index (Phi) is 4.42. The molecule has 1 aliphatic heterocycles. The minimum Gasteiger partial charge on any atom is -0.374 e. The van der Waals surface area contributed by atoms with E-state index in [1.807, 2.05) is 18.7 Å². The van der Waals surface area contributed by atoms with Gasteiger partial charge in [-0.2, -0.15) is 13.2 Å². The molecule has 0 N–H and O–H groups in total. The van der Waals surface area contributed by atoms with E-state index >= 15 is 0 Å². The van der Waals surface area contributed by atoms with Gasteiger partial charge in [0, 0.05) is 13.1 Å². The van der Waals surface area contributed by atoms with E-state index in [0.29, 0.717) is 18.2 Å². The quantitative estimate of drug-likeness (QED) is 0.760. The first kappa shape index (κ1) is 15.1. The topological polar surface area (TPSA) is 25.4 Å². The fourth-order valence-electron chi connectivity index (χ4n) is 2.02. The molecule has 1 fully saturated rings. The van der Waals surface area contributed by atoms with E-state index in [4.69, 9.17) is 4.74 Å². The summed E-state index contributed by atoms with van der Waals surface area (Å²) in [6.07, 6.45) is -3.54. The largest absolute Gasteiger partial charge is 0.435 e. The Bertz CT molecular complexity index is 452. The second-order valence-corrected chi connectivity index (χ2v) is 6.90. The van der Waals surface area contributed by atoms with E-state index in [1.165, 1.54) is 0 Å². The Morgan fingerprint density at radius 2 is 2.05 bits per heavy atom. The highest BCUT2D eigenvalue weighted by Crippen LogP contribution is 2.40. The number of alkyl halides is 3. The van der Waals surface area contributed by atoms with Crippen molar-refractivity contribution in [3.05, 3.63) is 9.48 Å². The maximum Gasteiger partial charge on any atom is 0.435 e. The van der Waals surface area contributed by atoms with E-state index in [0.717, 1.165) is 17.8 Å². The molecule has 0 spiro atoms. The van der Waals surface area contributed by atoms with Gasteiger partial charge in [-0.05, 0) is 36.2 Å². The Morgan fingerprint density at radius 3 is 2.63 bits per heavy atom. The third-order valence-corrected chi connectivity index (χ3v) is 4.63. The average Bonchev–Trinajstić information content (AvgIpc) is 2.57. The van der Waals surface area contributed by atoms with Crippen LogP contribution in [-0.4, -0.2) is 30.3 Å². The molecule has 2 rings (SSSR count). The highest BCUT2D eigenvalue weighted by atomic mass is 79.9. The fourth-order valence-corrected chi connectivity index (χ4v) is 3.62.